The molecule has 0 aliphatic carbocycles. The first-order valence-electron chi connectivity index (χ1n) is 8.30. The van der Waals surface area contributed by atoms with E-state index in [2.05, 4.69) is 66.2 Å². The Hall–Kier alpha value is -3.47. The van der Waals surface area contributed by atoms with Crippen LogP contribution in [0.15, 0.2) is 73.4 Å². The van der Waals surface area contributed by atoms with Crippen LogP contribution in [0.25, 0.3) is 33.8 Å². The Kier molecular flexibility index (Phi) is 2.34. The van der Waals surface area contributed by atoms with E-state index in [1.807, 2.05) is 30.7 Å². The molecule has 25 heavy (non-hydrogen) atoms. The first kappa shape index (κ1) is 12.9. The highest BCUT2D eigenvalue weighted by molar-refractivity contribution is 5.85. The van der Waals surface area contributed by atoms with Gasteiger partial charge in [-0.25, -0.2) is 4.57 Å². The summed E-state index contributed by atoms with van der Waals surface area (Å²) in [5.74, 6) is 0. The number of imidazole rings is 2. The average molecular weight is 324 g/mol. The van der Waals surface area contributed by atoms with Crippen LogP contribution in [0, 0.1) is 0 Å². The first-order valence-corrected chi connectivity index (χ1v) is 8.30. The van der Waals surface area contributed by atoms with Crippen LogP contribution in [0.4, 0.5) is 0 Å². The second kappa shape index (κ2) is 4.54. The molecule has 0 unspecified atom stereocenters. The van der Waals surface area contributed by atoms with Crippen molar-refractivity contribution in [2.75, 3.05) is 0 Å². The van der Waals surface area contributed by atoms with E-state index in [1.165, 1.54) is 16.8 Å². The average Bonchev–Trinajstić information content (AvgIpc) is 3.29. The normalized spacial score (nSPS) is 12.6. The fraction of sp³-hybridized carbons (Fsp3) is 0.0500. The van der Waals surface area contributed by atoms with Crippen LogP contribution in [0.1, 0.15) is 5.56 Å². The number of hydrogen-bond donors (Lipinski definition) is 0. The zero-order chi connectivity index (χ0) is 16.4. The third kappa shape index (κ3) is 1.59. The largest absolute Gasteiger partial charge is 0.273 e. The van der Waals surface area contributed by atoms with Gasteiger partial charge in [0.15, 0.2) is 17.5 Å². The summed E-state index contributed by atoms with van der Waals surface area (Å²) in [5, 5.41) is 0. The maximum Gasteiger partial charge on any atom is 0.273 e. The zero-order valence-electron chi connectivity index (χ0n) is 13.4. The Morgan fingerprint density at radius 2 is 1.88 bits per heavy atom. The zero-order valence-corrected chi connectivity index (χ0v) is 13.4. The molecule has 5 aromatic rings. The molecule has 0 atom stereocenters. The van der Waals surface area contributed by atoms with Crippen molar-refractivity contribution >= 4 is 16.8 Å². The summed E-state index contributed by atoms with van der Waals surface area (Å²) in [6.07, 6.45) is 7.84. The van der Waals surface area contributed by atoms with E-state index in [9.17, 15) is 0 Å². The molecule has 0 N–H and O–H groups in total. The van der Waals surface area contributed by atoms with Crippen LogP contribution >= 0.6 is 0 Å². The highest BCUT2D eigenvalue weighted by Gasteiger charge is 2.32. The van der Waals surface area contributed by atoms with E-state index < -0.39 is 0 Å². The Balaban J connectivity index is 1.84. The number of aromatic nitrogens is 5. The predicted molar refractivity (Wildman–Crippen MR) is 94.6 cm³/mol. The molecule has 1 aromatic carbocycles. The van der Waals surface area contributed by atoms with Crippen molar-refractivity contribution in [3.8, 4) is 16.9 Å². The van der Waals surface area contributed by atoms with Gasteiger partial charge in [0.2, 0.25) is 5.65 Å². The number of benzene rings is 1. The molecule has 0 bridgehead atoms. The van der Waals surface area contributed by atoms with Gasteiger partial charge in [0.05, 0.1) is 18.4 Å². The summed E-state index contributed by atoms with van der Waals surface area (Å²) >= 11 is 0. The fourth-order valence-electron chi connectivity index (χ4n) is 3.93. The van der Waals surface area contributed by atoms with Crippen molar-refractivity contribution in [3.05, 3.63) is 79.0 Å². The minimum atomic E-state index is 0.850. The molecule has 5 heteroatoms. The van der Waals surface area contributed by atoms with E-state index in [0.717, 1.165) is 29.0 Å². The maximum atomic E-state index is 4.64. The molecule has 0 fully saturated rings. The van der Waals surface area contributed by atoms with E-state index in [4.69, 9.17) is 0 Å². The van der Waals surface area contributed by atoms with Crippen LogP contribution in [-0.2, 0) is 6.54 Å². The quantitative estimate of drug-likeness (QED) is 0.436. The van der Waals surface area contributed by atoms with Crippen LogP contribution in [0.2, 0.25) is 0 Å². The Morgan fingerprint density at radius 1 is 0.960 bits per heavy atom. The molecule has 0 saturated carbocycles. The molecule has 0 spiro atoms. The molecule has 4 aromatic heterocycles. The highest BCUT2D eigenvalue weighted by atomic mass is 15.2. The predicted octanol–water partition coefficient (Wildman–Crippen LogP) is 2.99. The lowest BCUT2D eigenvalue weighted by molar-refractivity contribution is -0.484. The van der Waals surface area contributed by atoms with Gasteiger partial charge in [-0.2, -0.15) is 4.40 Å². The van der Waals surface area contributed by atoms with Gasteiger partial charge in [-0.05, 0) is 30.3 Å². The summed E-state index contributed by atoms with van der Waals surface area (Å²) in [6, 6.07) is 16.7. The molecule has 1 aliphatic heterocycles. The van der Waals surface area contributed by atoms with E-state index in [0.29, 0.717) is 0 Å². The standard InChI is InChI=1S/C20H14N5/c1-2-5-15(6-3-1)25-17-7-4-9-22-19(17)24-13-23-12-14-11-21-10-8-16(14)18(23)20(24)25/h1-11,13H,12H2/q+1. The minimum Gasteiger partial charge on any atom is -0.272 e. The number of para-hydroxylation sites is 1. The monoisotopic (exact) mass is 324 g/mol. The van der Waals surface area contributed by atoms with Crippen molar-refractivity contribution in [2.45, 2.75) is 6.54 Å². The van der Waals surface area contributed by atoms with Crippen molar-refractivity contribution in [2.24, 2.45) is 0 Å². The second-order valence-corrected chi connectivity index (χ2v) is 6.34. The van der Waals surface area contributed by atoms with Crippen LogP contribution in [0.5, 0.6) is 0 Å². The molecule has 0 amide bonds. The fourth-order valence-corrected chi connectivity index (χ4v) is 3.93. The van der Waals surface area contributed by atoms with Gasteiger partial charge in [0.25, 0.3) is 5.65 Å². The summed E-state index contributed by atoms with van der Waals surface area (Å²) in [7, 11) is 0. The molecule has 0 radical (unpaired) electrons. The van der Waals surface area contributed by atoms with Crippen molar-refractivity contribution < 1.29 is 4.40 Å². The van der Waals surface area contributed by atoms with Gasteiger partial charge in [-0.3, -0.25) is 9.55 Å². The van der Waals surface area contributed by atoms with Crippen LogP contribution in [0.3, 0.4) is 0 Å². The summed E-state index contributed by atoms with van der Waals surface area (Å²) in [4.78, 5) is 8.92. The Morgan fingerprint density at radius 3 is 2.80 bits per heavy atom. The number of pyridine rings is 2. The number of fused-ring (bicyclic) bond motifs is 7. The lowest BCUT2D eigenvalue weighted by Crippen LogP contribution is -2.18. The van der Waals surface area contributed by atoms with Crippen molar-refractivity contribution in [1.29, 1.82) is 0 Å². The Bertz CT molecular complexity index is 1260. The minimum absolute atomic E-state index is 0.850. The number of nitrogens with zero attached hydrogens (tertiary/aromatic N) is 5. The van der Waals surface area contributed by atoms with Crippen LogP contribution < -0.4 is 4.40 Å². The summed E-state index contributed by atoms with van der Waals surface area (Å²) in [5.41, 5.74) is 8.09. The van der Waals surface area contributed by atoms with Crippen molar-refractivity contribution in [1.82, 2.24) is 19.1 Å². The van der Waals surface area contributed by atoms with Crippen LogP contribution in [-0.4, -0.2) is 19.1 Å². The molecule has 5 nitrogen and oxygen atoms in total. The molecule has 1 aliphatic rings. The molecule has 118 valence electrons. The Labute approximate surface area is 143 Å². The summed E-state index contributed by atoms with van der Waals surface area (Å²) in [6.45, 7) is 0.850. The summed E-state index contributed by atoms with van der Waals surface area (Å²) < 4.78 is 6.78. The topological polar surface area (TPSA) is 39.7 Å². The molecule has 6 rings (SSSR count). The van der Waals surface area contributed by atoms with Gasteiger partial charge >= 0.3 is 0 Å². The molecular weight excluding hydrogens is 310 g/mol. The molecular formula is C20H14N5+. The lowest BCUT2D eigenvalue weighted by Gasteiger charge is -2.02. The van der Waals surface area contributed by atoms with Gasteiger partial charge in [-0.15, -0.1) is 4.98 Å². The van der Waals surface area contributed by atoms with Crippen molar-refractivity contribution in [3.63, 3.8) is 0 Å². The smallest absolute Gasteiger partial charge is 0.272 e. The first-order chi connectivity index (χ1) is 12.4. The van der Waals surface area contributed by atoms with Gasteiger partial charge in [0, 0.05) is 23.5 Å². The van der Waals surface area contributed by atoms with E-state index >= 15 is 0 Å². The highest BCUT2D eigenvalue weighted by Crippen LogP contribution is 2.35. The maximum absolute atomic E-state index is 4.64. The lowest BCUT2D eigenvalue weighted by atomic mass is 10.1. The second-order valence-electron chi connectivity index (χ2n) is 6.34. The van der Waals surface area contributed by atoms with E-state index in [-0.39, 0.29) is 0 Å². The third-order valence-corrected chi connectivity index (χ3v) is 4.94. The molecule has 0 saturated heterocycles. The van der Waals surface area contributed by atoms with E-state index in [1.54, 1.807) is 0 Å². The molecule has 5 heterocycles. The van der Waals surface area contributed by atoms with Gasteiger partial charge in [-0.1, -0.05) is 18.2 Å². The van der Waals surface area contributed by atoms with Gasteiger partial charge in [0.1, 0.15) is 0 Å². The SMILES string of the molecule is c1ccc(-n2c3cccnc3[n+]3cn4c(c23)-c2ccncc2C4)cc1. The third-order valence-electron chi connectivity index (χ3n) is 4.94. The van der Waals surface area contributed by atoms with Gasteiger partial charge < -0.3 is 0 Å². The number of hydrogen-bond acceptors (Lipinski definition) is 2. The number of rotatable bonds is 1.